The van der Waals surface area contributed by atoms with Gasteiger partial charge in [0.25, 0.3) is 0 Å². The van der Waals surface area contributed by atoms with Crippen LogP contribution in [0.25, 0.3) is 0 Å². The third-order valence-corrected chi connectivity index (χ3v) is 0.875. The van der Waals surface area contributed by atoms with E-state index in [0.717, 1.165) is 19.3 Å². The molecule has 0 aliphatic rings. The zero-order chi connectivity index (χ0) is 5.54. The minimum atomic E-state index is 0.508. The first-order chi connectivity index (χ1) is 3.41. The Bertz CT molecular complexity index is 27.3. The molecule has 0 radical (unpaired) electrons. The average Bonchev–Trinajstić information content (AvgIpc) is 1.69. The van der Waals surface area contributed by atoms with Gasteiger partial charge in [0.2, 0.25) is 0 Å². The Kier molecular flexibility index (Phi) is 5.80. The summed E-state index contributed by atoms with van der Waals surface area (Å²) in [6.07, 6.45) is 3.23. The van der Waals surface area contributed by atoms with Crippen LogP contribution in [-0.2, 0) is 0 Å². The van der Waals surface area contributed by atoms with Gasteiger partial charge in [0, 0.05) is 6.54 Å². The third-order valence-electron chi connectivity index (χ3n) is 0.875. The lowest BCUT2D eigenvalue weighted by atomic mass is 10.3. The molecule has 2 heteroatoms. The van der Waals surface area contributed by atoms with Crippen molar-refractivity contribution in [2.24, 2.45) is 0 Å². The smallest absolute Gasteiger partial charge is 0.0259 e. The van der Waals surface area contributed by atoms with E-state index in [0.29, 0.717) is 6.54 Å². The first kappa shape index (κ1) is 6.89. The molecular weight excluding hydrogens is 93.1 g/mol. The molecule has 0 unspecified atom stereocenters. The SMILES string of the molecule is CCCCCNF. The Morgan fingerprint density at radius 2 is 2.14 bits per heavy atom. The number of hydrogen-bond acceptors (Lipinski definition) is 1. The highest BCUT2D eigenvalue weighted by Gasteiger charge is 1.80. The van der Waals surface area contributed by atoms with Gasteiger partial charge in [-0.2, -0.15) is 5.54 Å². The standard InChI is InChI=1S/C5H12FN/c1-2-3-4-5-7-6/h7H,2-5H2,1H3. The predicted octanol–water partition coefficient (Wildman–Crippen LogP) is 1.65. The number of halogens is 1. The van der Waals surface area contributed by atoms with E-state index in [1.807, 2.05) is 0 Å². The first-order valence-corrected chi connectivity index (χ1v) is 2.75. The van der Waals surface area contributed by atoms with E-state index in [9.17, 15) is 4.48 Å². The van der Waals surface area contributed by atoms with Crippen LogP contribution in [0, 0.1) is 0 Å². The molecule has 0 heterocycles. The molecule has 0 aliphatic heterocycles. The summed E-state index contributed by atoms with van der Waals surface area (Å²) in [5.74, 6) is 0. The largest absolute Gasteiger partial charge is 0.159 e. The summed E-state index contributed by atoms with van der Waals surface area (Å²) in [4.78, 5) is 0. The zero-order valence-electron chi connectivity index (χ0n) is 4.71. The van der Waals surface area contributed by atoms with Crippen LogP contribution < -0.4 is 5.54 Å². The second-order valence-electron chi connectivity index (χ2n) is 1.59. The maximum Gasteiger partial charge on any atom is 0.0259 e. The molecular formula is C5H12FN. The molecule has 7 heavy (non-hydrogen) atoms. The van der Waals surface area contributed by atoms with E-state index in [1.165, 1.54) is 0 Å². The Morgan fingerprint density at radius 1 is 1.43 bits per heavy atom. The summed E-state index contributed by atoms with van der Waals surface area (Å²) < 4.78 is 11.1. The zero-order valence-corrected chi connectivity index (χ0v) is 4.71. The minimum Gasteiger partial charge on any atom is -0.159 e. The highest BCUT2D eigenvalue weighted by atomic mass is 19.2. The van der Waals surface area contributed by atoms with Crippen molar-refractivity contribution in [1.29, 1.82) is 0 Å². The van der Waals surface area contributed by atoms with Gasteiger partial charge in [-0.15, -0.1) is 4.48 Å². The van der Waals surface area contributed by atoms with Crippen molar-refractivity contribution in [2.75, 3.05) is 6.54 Å². The van der Waals surface area contributed by atoms with Gasteiger partial charge in [0.1, 0.15) is 0 Å². The molecule has 1 N–H and O–H groups in total. The van der Waals surface area contributed by atoms with Crippen LogP contribution in [0.1, 0.15) is 26.2 Å². The Labute approximate surface area is 43.8 Å². The van der Waals surface area contributed by atoms with Crippen molar-refractivity contribution in [3.05, 3.63) is 0 Å². The lowest BCUT2D eigenvalue weighted by Crippen LogP contribution is -2.00. The van der Waals surface area contributed by atoms with Gasteiger partial charge in [-0.25, -0.2) is 0 Å². The Morgan fingerprint density at radius 3 is 2.57 bits per heavy atom. The van der Waals surface area contributed by atoms with E-state index in [4.69, 9.17) is 0 Å². The fourth-order valence-electron chi connectivity index (χ4n) is 0.442. The van der Waals surface area contributed by atoms with Gasteiger partial charge in [-0.3, -0.25) is 0 Å². The van der Waals surface area contributed by atoms with Gasteiger partial charge in [-0.05, 0) is 6.42 Å². The molecule has 0 atom stereocenters. The van der Waals surface area contributed by atoms with Crippen LogP contribution in [0.5, 0.6) is 0 Å². The summed E-state index contributed by atoms with van der Waals surface area (Å²) >= 11 is 0. The van der Waals surface area contributed by atoms with Crippen LogP contribution >= 0.6 is 0 Å². The lowest BCUT2D eigenvalue weighted by Gasteiger charge is -1.90. The van der Waals surface area contributed by atoms with Gasteiger partial charge < -0.3 is 0 Å². The van der Waals surface area contributed by atoms with E-state index in [2.05, 4.69) is 6.92 Å². The van der Waals surface area contributed by atoms with Gasteiger partial charge >= 0.3 is 0 Å². The lowest BCUT2D eigenvalue weighted by molar-refractivity contribution is 0.329. The predicted molar refractivity (Wildman–Crippen MR) is 28.6 cm³/mol. The quantitative estimate of drug-likeness (QED) is 0.423. The molecule has 0 fully saturated rings. The minimum absolute atomic E-state index is 0.508. The average molecular weight is 105 g/mol. The van der Waals surface area contributed by atoms with Crippen molar-refractivity contribution in [3.8, 4) is 0 Å². The molecule has 0 saturated carbocycles. The second-order valence-corrected chi connectivity index (χ2v) is 1.59. The van der Waals surface area contributed by atoms with Gasteiger partial charge in [0.05, 0.1) is 0 Å². The van der Waals surface area contributed by atoms with Crippen LogP contribution in [0.3, 0.4) is 0 Å². The van der Waals surface area contributed by atoms with Crippen LogP contribution in [0.2, 0.25) is 0 Å². The fourth-order valence-corrected chi connectivity index (χ4v) is 0.442. The third kappa shape index (κ3) is 5.89. The van der Waals surface area contributed by atoms with Crippen LogP contribution in [0.15, 0.2) is 0 Å². The normalized spacial score (nSPS) is 9.43. The topological polar surface area (TPSA) is 12.0 Å². The summed E-state index contributed by atoms with van der Waals surface area (Å²) in [6, 6.07) is 0. The van der Waals surface area contributed by atoms with Gasteiger partial charge in [0.15, 0.2) is 0 Å². The van der Waals surface area contributed by atoms with Crippen LogP contribution in [0.4, 0.5) is 4.48 Å². The number of hydrogen-bond donors (Lipinski definition) is 1. The van der Waals surface area contributed by atoms with Crippen molar-refractivity contribution in [3.63, 3.8) is 0 Å². The summed E-state index contributed by atoms with van der Waals surface area (Å²) in [5, 5.41) is 0. The number of unbranched alkanes of at least 4 members (excludes halogenated alkanes) is 2. The molecule has 0 amide bonds. The number of rotatable bonds is 4. The van der Waals surface area contributed by atoms with Crippen molar-refractivity contribution < 1.29 is 4.48 Å². The fraction of sp³-hybridized carbons (Fsp3) is 1.00. The highest BCUT2D eigenvalue weighted by Crippen LogP contribution is 1.90. The maximum atomic E-state index is 11.1. The molecule has 0 saturated heterocycles. The summed E-state index contributed by atoms with van der Waals surface area (Å²) in [5.41, 5.74) is 1.60. The molecule has 0 aliphatic carbocycles. The summed E-state index contributed by atoms with van der Waals surface area (Å²) in [7, 11) is 0. The Hall–Kier alpha value is -0.110. The molecule has 0 rings (SSSR count). The first-order valence-electron chi connectivity index (χ1n) is 2.75. The number of nitrogens with one attached hydrogen (secondary N) is 1. The van der Waals surface area contributed by atoms with E-state index in [1.54, 1.807) is 5.54 Å². The van der Waals surface area contributed by atoms with Crippen molar-refractivity contribution in [2.45, 2.75) is 26.2 Å². The molecule has 44 valence electrons. The van der Waals surface area contributed by atoms with Gasteiger partial charge in [-0.1, -0.05) is 19.8 Å². The monoisotopic (exact) mass is 105 g/mol. The van der Waals surface area contributed by atoms with Crippen LogP contribution in [-0.4, -0.2) is 6.54 Å². The molecule has 0 bridgehead atoms. The van der Waals surface area contributed by atoms with Crippen molar-refractivity contribution in [1.82, 2.24) is 5.54 Å². The van der Waals surface area contributed by atoms with E-state index >= 15 is 0 Å². The highest BCUT2D eigenvalue weighted by molar-refractivity contribution is 4.36. The van der Waals surface area contributed by atoms with Crippen molar-refractivity contribution >= 4 is 0 Å². The second kappa shape index (κ2) is 5.89. The molecule has 0 aromatic carbocycles. The molecule has 0 aromatic heterocycles. The molecule has 0 spiro atoms. The van der Waals surface area contributed by atoms with E-state index in [-0.39, 0.29) is 0 Å². The molecule has 0 aromatic rings. The van der Waals surface area contributed by atoms with E-state index < -0.39 is 0 Å². The maximum absolute atomic E-state index is 11.1. The Balaban J connectivity index is 2.45. The summed E-state index contributed by atoms with van der Waals surface area (Å²) in [6.45, 7) is 2.60. The molecule has 1 nitrogen and oxygen atoms in total.